The molecule has 0 saturated heterocycles. The second-order valence-electron chi connectivity index (χ2n) is 7.50. The number of sulfonamides is 1. The van der Waals surface area contributed by atoms with Gasteiger partial charge in [0.15, 0.2) is 0 Å². The Morgan fingerprint density at radius 1 is 0.818 bits per heavy atom. The molecule has 33 heavy (non-hydrogen) atoms. The number of rotatable bonds is 6. The summed E-state index contributed by atoms with van der Waals surface area (Å²) in [6.07, 6.45) is 3.82. The van der Waals surface area contributed by atoms with Gasteiger partial charge in [0.1, 0.15) is 11.4 Å². The summed E-state index contributed by atoms with van der Waals surface area (Å²) >= 11 is 0. The normalized spacial score (nSPS) is 11.4. The van der Waals surface area contributed by atoms with Gasteiger partial charge in [0.2, 0.25) is 0 Å². The molecule has 0 atom stereocenters. The first-order valence-electron chi connectivity index (χ1n) is 10.3. The van der Waals surface area contributed by atoms with E-state index < -0.39 is 10.0 Å². The molecule has 7 heteroatoms. The Bertz CT molecular complexity index is 1490. The van der Waals surface area contributed by atoms with Gasteiger partial charge in [-0.15, -0.1) is 0 Å². The summed E-state index contributed by atoms with van der Waals surface area (Å²) in [4.78, 5) is 4.79. The number of hydrogen-bond acceptors (Lipinski definition) is 4. The highest BCUT2D eigenvalue weighted by molar-refractivity contribution is 7.92. The maximum Gasteiger partial charge on any atom is 0.262 e. The average Bonchev–Trinajstić information content (AvgIpc) is 3.29. The first-order chi connectivity index (χ1) is 16.0. The van der Waals surface area contributed by atoms with Crippen LogP contribution in [-0.2, 0) is 10.0 Å². The maximum absolute atomic E-state index is 13.1. The third-order valence-corrected chi connectivity index (χ3v) is 6.76. The highest BCUT2D eigenvalue weighted by atomic mass is 32.2. The van der Waals surface area contributed by atoms with Gasteiger partial charge in [0, 0.05) is 18.0 Å². The van der Waals surface area contributed by atoms with Crippen LogP contribution in [0.5, 0.6) is 5.75 Å². The number of pyridine rings is 1. The zero-order valence-corrected chi connectivity index (χ0v) is 18.7. The number of benzene rings is 3. The van der Waals surface area contributed by atoms with Gasteiger partial charge in [-0.3, -0.25) is 4.72 Å². The molecule has 0 aliphatic carbocycles. The summed E-state index contributed by atoms with van der Waals surface area (Å²) in [5.41, 5.74) is 4.63. The first-order valence-corrected chi connectivity index (χ1v) is 11.8. The minimum Gasteiger partial charge on any atom is -0.495 e. The van der Waals surface area contributed by atoms with Crippen molar-refractivity contribution in [2.24, 2.45) is 0 Å². The number of nitrogens with zero attached hydrogens (tertiary/aromatic N) is 2. The number of methoxy groups -OCH3 is 1. The van der Waals surface area contributed by atoms with Crippen molar-refractivity contribution >= 4 is 21.4 Å². The molecule has 0 aliphatic rings. The van der Waals surface area contributed by atoms with Crippen LogP contribution in [0.2, 0.25) is 0 Å². The van der Waals surface area contributed by atoms with Crippen molar-refractivity contribution in [2.45, 2.75) is 4.90 Å². The van der Waals surface area contributed by atoms with Crippen LogP contribution >= 0.6 is 0 Å². The van der Waals surface area contributed by atoms with E-state index in [1.165, 1.54) is 7.11 Å². The predicted molar refractivity (Wildman–Crippen MR) is 130 cm³/mol. The summed E-state index contributed by atoms with van der Waals surface area (Å²) in [5, 5.41) is 0. The number of hydrogen-bond donors (Lipinski definition) is 1. The zero-order valence-electron chi connectivity index (χ0n) is 17.8. The molecular weight excluding hydrogens is 434 g/mol. The summed E-state index contributed by atoms with van der Waals surface area (Å²) in [6, 6.07) is 27.7. The van der Waals surface area contributed by atoms with Crippen LogP contribution in [0.4, 0.5) is 5.69 Å². The van der Waals surface area contributed by atoms with E-state index >= 15 is 0 Å². The third kappa shape index (κ3) is 4.18. The fraction of sp³-hybridized carbons (Fsp3) is 0.0385. The molecule has 0 fully saturated rings. The van der Waals surface area contributed by atoms with Crippen LogP contribution in [0.1, 0.15) is 0 Å². The van der Waals surface area contributed by atoms with E-state index in [0.29, 0.717) is 11.4 Å². The molecule has 0 unspecified atom stereocenters. The van der Waals surface area contributed by atoms with E-state index in [1.54, 1.807) is 36.4 Å². The SMILES string of the molecule is COc1ccc(-c2cn3ccccc3n2)cc1NS(=O)(=O)c1ccc(-c2ccccc2)cc1. The Kier molecular flexibility index (Phi) is 5.32. The van der Waals surface area contributed by atoms with Gasteiger partial charge >= 0.3 is 0 Å². The molecule has 0 amide bonds. The van der Waals surface area contributed by atoms with E-state index in [2.05, 4.69) is 9.71 Å². The second-order valence-corrected chi connectivity index (χ2v) is 9.19. The Morgan fingerprint density at radius 2 is 1.52 bits per heavy atom. The van der Waals surface area contributed by atoms with Gasteiger partial charge in [0.05, 0.1) is 23.4 Å². The molecule has 1 N–H and O–H groups in total. The quantitative estimate of drug-likeness (QED) is 0.368. The number of ether oxygens (including phenoxy) is 1. The molecule has 0 spiro atoms. The standard InChI is InChI=1S/C26H21N3O3S/c1-32-25-15-12-21(24-18-29-16-6-5-9-26(29)27-24)17-23(25)28-33(30,31)22-13-10-20(11-14-22)19-7-3-2-4-8-19/h2-18,28H,1H3. The van der Waals surface area contributed by atoms with Crippen molar-refractivity contribution in [3.8, 4) is 28.1 Å². The van der Waals surface area contributed by atoms with Crippen molar-refractivity contribution in [3.05, 3.63) is 103 Å². The lowest BCUT2D eigenvalue weighted by atomic mass is 10.1. The lowest BCUT2D eigenvalue weighted by Gasteiger charge is -2.13. The van der Waals surface area contributed by atoms with Gasteiger partial charge in [-0.1, -0.05) is 48.5 Å². The second kappa shape index (κ2) is 8.44. The minimum atomic E-state index is -3.82. The number of anilines is 1. The van der Waals surface area contributed by atoms with Crippen molar-refractivity contribution < 1.29 is 13.2 Å². The van der Waals surface area contributed by atoms with Crippen molar-refractivity contribution in [1.29, 1.82) is 0 Å². The first kappa shape index (κ1) is 20.8. The van der Waals surface area contributed by atoms with Crippen LogP contribution in [0.15, 0.2) is 108 Å². The number of imidazole rings is 1. The molecule has 164 valence electrons. The summed E-state index contributed by atoms with van der Waals surface area (Å²) in [7, 11) is -2.32. The molecular formula is C26H21N3O3S. The van der Waals surface area contributed by atoms with Gasteiger partial charge in [-0.25, -0.2) is 13.4 Å². The van der Waals surface area contributed by atoms with E-state index in [-0.39, 0.29) is 4.90 Å². The summed E-state index contributed by atoms with van der Waals surface area (Å²) < 4.78 is 36.2. The van der Waals surface area contributed by atoms with Crippen LogP contribution < -0.4 is 9.46 Å². The van der Waals surface area contributed by atoms with Crippen molar-refractivity contribution in [3.63, 3.8) is 0 Å². The molecule has 3 aromatic carbocycles. The van der Waals surface area contributed by atoms with Crippen LogP contribution in [-0.4, -0.2) is 24.9 Å². The third-order valence-electron chi connectivity index (χ3n) is 5.38. The van der Waals surface area contributed by atoms with E-state index in [0.717, 1.165) is 28.0 Å². The molecule has 2 aromatic heterocycles. The Labute approximate surface area is 192 Å². The summed E-state index contributed by atoms with van der Waals surface area (Å²) in [5.74, 6) is 0.423. The molecule has 0 bridgehead atoms. The smallest absolute Gasteiger partial charge is 0.262 e. The Hall–Kier alpha value is -4.10. The zero-order chi connectivity index (χ0) is 22.8. The lowest BCUT2D eigenvalue weighted by Crippen LogP contribution is -2.13. The fourth-order valence-electron chi connectivity index (χ4n) is 3.68. The predicted octanol–water partition coefficient (Wildman–Crippen LogP) is 5.48. The van der Waals surface area contributed by atoms with Crippen LogP contribution in [0.25, 0.3) is 28.0 Å². The van der Waals surface area contributed by atoms with Crippen molar-refractivity contribution in [1.82, 2.24) is 9.38 Å². The molecule has 6 nitrogen and oxygen atoms in total. The highest BCUT2D eigenvalue weighted by Crippen LogP contribution is 2.32. The molecule has 5 aromatic rings. The van der Waals surface area contributed by atoms with E-state index in [9.17, 15) is 8.42 Å². The highest BCUT2D eigenvalue weighted by Gasteiger charge is 2.18. The Morgan fingerprint density at radius 3 is 2.24 bits per heavy atom. The van der Waals surface area contributed by atoms with Crippen LogP contribution in [0, 0.1) is 0 Å². The molecule has 5 rings (SSSR count). The topological polar surface area (TPSA) is 72.7 Å². The van der Waals surface area contributed by atoms with Gasteiger partial charge in [0.25, 0.3) is 10.0 Å². The molecule has 0 radical (unpaired) electrons. The number of fused-ring (bicyclic) bond motifs is 1. The molecule has 0 saturated carbocycles. The van der Waals surface area contributed by atoms with Crippen LogP contribution in [0.3, 0.4) is 0 Å². The lowest BCUT2D eigenvalue weighted by molar-refractivity contribution is 0.417. The fourth-order valence-corrected chi connectivity index (χ4v) is 4.74. The van der Waals surface area contributed by atoms with Gasteiger partial charge in [-0.05, 0) is 53.6 Å². The average molecular weight is 456 g/mol. The maximum atomic E-state index is 13.1. The Balaban J connectivity index is 1.46. The van der Waals surface area contributed by atoms with E-state index in [4.69, 9.17) is 4.74 Å². The monoisotopic (exact) mass is 455 g/mol. The number of nitrogens with one attached hydrogen (secondary N) is 1. The van der Waals surface area contributed by atoms with Gasteiger partial charge in [-0.2, -0.15) is 0 Å². The molecule has 0 aliphatic heterocycles. The minimum absolute atomic E-state index is 0.169. The van der Waals surface area contributed by atoms with Crippen molar-refractivity contribution in [2.75, 3.05) is 11.8 Å². The van der Waals surface area contributed by atoms with Gasteiger partial charge < -0.3 is 9.14 Å². The van der Waals surface area contributed by atoms with E-state index in [1.807, 2.05) is 71.4 Å². The summed E-state index contributed by atoms with van der Waals surface area (Å²) in [6.45, 7) is 0. The largest absolute Gasteiger partial charge is 0.495 e. The number of aromatic nitrogens is 2. The molecule has 2 heterocycles.